The minimum atomic E-state index is 0.0658. The lowest BCUT2D eigenvalue weighted by Gasteiger charge is -2.29. The zero-order valence-electron chi connectivity index (χ0n) is 20.8. The second-order valence-corrected chi connectivity index (χ2v) is 9.31. The number of rotatable bonds is 8. The van der Waals surface area contributed by atoms with Crippen LogP contribution in [0.15, 0.2) is 41.5 Å². The van der Waals surface area contributed by atoms with Crippen LogP contribution in [-0.2, 0) is 6.42 Å². The third-order valence-electron chi connectivity index (χ3n) is 6.47. The molecule has 0 radical (unpaired) electrons. The van der Waals surface area contributed by atoms with E-state index in [4.69, 9.17) is 21.7 Å². The summed E-state index contributed by atoms with van der Waals surface area (Å²) in [5.74, 6) is 1.32. The van der Waals surface area contributed by atoms with E-state index >= 15 is 0 Å². The van der Waals surface area contributed by atoms with Crippen molar-refractivity contribution in [1.29, 1.82) is 0 Å². The van der Waals surface area contributed by atoms with Gasteiger partial charge in [-0.1, -0.05) is 18.2 Å². The first-order valence-corrected chi connectivity index (χ1v) is 12.3. The van der Waals surface area contributed by atoms with Gasteiger partial charge in [-0.2, -0.15) is 5.10 Å². The van der Waals surface area contributed by atoms with Crippen molar-refractivity contribution in [3.63, 3.8) is 0 Å². The predicted octanol–water partition coefficient (Wildman–Crippen LogP) is 3.14. The van der Waals surface area contributed by atoms with E-state index in [0.717, 1.165) is 62.3 Å². The molecular weight excluding hydrogens is 462 g/mol. The SMILES string of the molecule is COc1cc2c(cc1OC)C(=O)N(CCCCN1C/C(=N\NC(=S)N(C)C)c3ccccc31)CC2. The molecule has 186 valence electrons. The number of carbonyl (C=O) groups is 1. The fourth-order valence-electron chi connectivity index (χ4n) is 4.53. The molecule has 0 bridgehead atoms. The normalized spacial score (nSPS) is 15.7. The fourth-order valence-corrected chi connectivity index (χ4v) is 4.57. The van der Waals surface area contributed by atoms with Gasteiger partial charge in [0.2, 0.25) is 0 Å². The minimum absolute atomic E-state index is 0.0658. The highest BCUT2D eigenvalue weighted by atomic mass is 32.1. The Hall–Kier alpha value is -3.33. The van der Waals surface area contributed by atoms with Gasteiger partial charge in [-0.3, -0.25) is 10.2 Å². The molecule has 0 fully saturated rings. The standard InChI is InChI=1S/C26H33N5O3S/c1-29(2)26(35)28-27-21-17-31(22-10-6-5-9-19(21)22)13-8-7-12-30-14-11-18-15-23(33-3)24(34-4)16-20(18)25(30)32/h5-6,9-10,15-16H,7-8,11-14,17H2,1-4H3,(H,28,35)/b27-21+. The van der Waals surface area contributed by atoms with Crippen molar-refractivity contribution in [3.8, 4) is 11.5 Å². The summed E-state index contributed by atoms with van der Waals surface area (Å²) in [6.07, 6.45) is 2.73. The van der Waals surface area contributed by atoms with Crippen LogP contribution in [0.4, 0.5) is 5.69 Å². The fraction of sp³-hybridized carbons (Fsp3) is 0.423. The van der Waals surface area contributed by atoms with Gasteiger partial charge >= 0.3 is 0 Å². The van der Waals surface area contributed by atoms with Crippen molar-refractivity contribution >= 4 is 34.6 Å². The number of thiocarbonyl (C=S) groups is 1. The number of hydrazone groups is 1. The van der Waals surface area contributed by atoms with Gasteiger partial charge in [-0.15, -0.1) is 0 Å². The highest BCUT2D eigenvalue weighted by Gasteiger charge is 2.27. The topological polar surface area (TPSA) is 69.6 Å². The zero-order valence-corrected chi connectivity index (χ0v) is 21.7. The number of hydrogen-bond acceptors (Lipinski definition) is 6. The molecule has 0 aliphatic carbocycles. The molecule has 0 unspecified atom stereocenters. The van der Waals surface area contributed by atoms with Crippen molar-refractivity contribution in [1.82, 2.24) is 15.2 Å². The molecule has 2 aliphatic heterocycles. The van der Waals surface area contributed by atoms with Crippen LogP contribution in [0.1, 0.15) is 34.3 Å². The van der Waals surface area contributed by atoms with E-state index in [1.165, 1.54) is 5.69 Å². The molecule has 2 aliphatic rings. The Balaban J connectivity index is 1.33. The van der Waals surface area contributed by atoms with Gasteiger partial charge in [0, 0.05) is 50.5 Å². The largest absolute Gasteiger partial charge is 0.493 e. The van der Waals surface area contributed by atoms with Gasteiger partial charge in [0.25, 0.3) is 5.91 Å². The molecule has 9 heteroatoms. The van der Waals surface area contributed by atoms with Crippen molar-refractivity contribution < 1.29 is 14.3 Å². The lowest BCUT2D eigenvalue weighted by Crippen LogP contribution is -2.38. The summed E-state index contributed by atoms with van der Waals surface area (Å²) in [5, 5.41) is 5.15. The van der Waals surface area contributed by atoms with Crippen molar-refractivity contribution in [2.24, 2.45) is 5.10 Å². The number of anilines is 1. The highest BCUT2D eigenvalue weighted by Crippen LogP contribution is 2.33. The van der Waals surface area contributed by atoms with Crippen LogP contribution >= 0.6 is 12.2 Å². The monoisotopic (exact) mass is 495 g/mol. The van der Waals surface area contributed by atoms with E-state index in [2.05, 4.69) is 33.6 Å². The van der Waals surface area contributed by atoms with E-state index in [9.17, 15) is 4.79 Å². The maximum absolute atomic E-state index is 13.1. The van der Waals surface area contributed by atoms with Crippen LogP contribution in [-0.4, -0.2) is 81.0 Å². The number of hydrogen-bond donors (Lipinski definition) is 1. The molecule has 2 heterocycles. The molecule has 0 saturated carbocycles. The number of fused-ring (bicyclic) bond motifs is 2. The van der Waals surface area contributed by atoms with Crippen LogP contribution in [0, 0.1) is 0 Å². The molecule has 0 atom stereocenters. The summed E-state index contributed by atoms with van der Waals surface area (Å²) in [7, 11) is 6.99. The molecule has 0 spiro atoms. The number of carbonyl (C=O) groups excluding carboxylic acids is 1. The second kappa shape index (κ2) is 10.9. The Morgan fingerprint density at radius 2 is 1.74 bits per heavy atom. The van der Waals surface area contributed by atoms with Crippen molar-refractivity contribution in [2.45, 2.75) is 19.3 Å². The summed E-state index contributed by atoms with van der Waals surface area (Å²) < 4.78 is 10.8. The molecule has 1 amide bonds. The number of amides is 1. The molecule has 0 saturated heterocycles. The molecular formula is C26H33N5O3S. The van der Waals surface area contributed by atoms with E-state index in [0.29, 0.717) is 22.2 Å². The Morgan fingerprint density at radius 3 is 2.46 bits per heavy atom. The maximum atomic E-state index is 13.1. The number of nitrogens with zero attached hydrogens (tertiary/aromatic N) is 4. The van der Waals surface area contributed by atoms with Crippen LogP contribution in [0.25, 0.3) is 0 Å². The molecule has 8 nitrogen and oxygen atoms in total. The van der Waals surface area contributed by atoms with Gasteiger partial charge < -0.3 is 24.2 Å². The predicted molar refractivity (Wildman–Crippen MR) is 143 cm³/mol. The van der Waals surface area contributed by atoms with Crippen LogP contribution in [0.3, 0.4) is 0 Å². The quantitative estimate of drug-likeness (QED) is 0.343. The minimum Gasteiger partial charge on any atom is -0.493 e. The van der Waals surface area contributed by atoms with Crippen LogP contribution in [0.2, 0.25) is 0 Å². The Kier molecular flexibility index (Phi) is 7.75. The second-order valence-electron chi connectivity index (χ2n) is 8.92. The van der Waals surface area contributed by atoms with E-state index in [1.807, 2.05) is 36.0 Å². The molecule has 35 heavy (non-hydrogen) atoms. The molecule has 2 aromatic rings. The first-order valence-electron chi connectivity index (χ1n) is 11.8. The van der Waals surface area contributed by atoms with Gasteiger partial charge in [0.15, 0.2) is 16.6 Å². The number of nitrogens with one attached hydrogen (secondary N) is 1. The Bertz CT molecular complexity index is 1130. The number of ether oxygens (including phenoxy) is 2. The summed E-state index contributed by atoms with van der Waals surface area (Å²) in [6, 6.07) is 12.1. The van der Waals surface area contributed by atoms with Crippen LogP contribution < -0.4 is 19.8 Å². The van der Waals surface area contributed by atoms with Crippen molar-refractivity contribution in [2.75, 3.05) is 59.4 Å². The number of benzene rings is 2. The number of para-hydroxylation sites is 1. The molecule has 4 rings (SSSR count). The average Bonchev–Trinajstić information content (AvgIpc) is 3.23. The first kappa shape index (κ1) is 24.8. The summed E-state index contributed by atoms with van der Waals surface area (Å²) in [4.78, 5) is 19.2. The van der Waals surface area contributed by atoms with Gasteiger partial charge in [0.1, 0.15) is 0 Å². The summed E-state index contributed by atoms with van der Waals surface area (Å²) >= 11 is 5.30. The number of unbranched alkanes of at least 4 members (excludes halogenated alkanes) is 1. The first-order chi connectivity index (χ1) is 16.9. The Morgan fingerprint density at radius 1 is 1.06 bits per heavy atom. The van der Waals surface area contributed by atoms with Crippen molar-refractivity contribution in [3.05, 3.63) is 53.1 Å². The lowest BCUT2D eigenvalue weighted by molar-refractivity contribution is 0.0736. The van der Waals surface area contributed by atoms with Crippen LogP contribution in [0.5, 0.6) is 11.5 Å². The molecule has 1 N–H and O–H groups in total. The third-order valence-corrected chi connectivity index (χ3v) is 6.93. The maximum Gasteiger partial charge on any atom is 0.254 e. The summed E-state index contributed by atoms with van der Waals surface area (Å²) in [5.41, 5.74) is 8.02. The van der Waals surface area contributed by atoms with E-state index < -0.39 is 0 Å². The summed E-state index contributed by atoms with van der Waals surface area (Å²) in [6.45, 7) is 3.10. The number of methoxy groups -OCH3 is 2. The molecule has 2 aromatic carbocycles. The molecule has 0 aromatic heterocycles. The van der Waals surface area contributed by atoms with E-state index in [-0.39, 0.29) is 5.91 Å². The van der Waals surface area contributed by atoms with Gasteiger partial charge in [-0.05, 0) is 55.2 Å². The smallest absolute Gasteiger partial charge is 0.254 e. The van der Waals surface area contributed by atoms with Gasteiger partial charge in [0.05, 0.1) is 26.5 Å². The third kappa shape index (κ3) is 5.35. The lowest BCUT2D eigenvalue weighted by atomic mass is 9.98. The average molecular weight is 496 g/mol. The van der Waals surface area contributed by atoms with E-state index in [1.54, 1.807) is 20.3 Å². The van der Waals surface area contributed by atoms with Gasteiger partial charge in [-0.25, -0.2) is 0 Å². The Labute approximate surface area is 212 Å². The zero-order chi connectivity index (χ0) is 24.9. The highest BCUT2D eigenvalue weighted by molar-refractivity contribution is 7.80.